The van der Waals surface area contributed by atoms with E-state index in [9.17, 15) is 4.79 Å². The van der Waals surface area contributed by atoms with Gasteiger partial charge in [-0.15, -0.1) is 0 Å². The normalized spacial score (nSPS) is 14.9. The van der Waals surface area contributed by atoms with Crippen molar-refractivity contribution in [2.75, 3.05) is 35.0 Å². The van der Waals surface area contributed by atoms with E-state index >= 15 is 0 Å². The molecule has 0 atom stereocenters. The molecule has 0 saturated carbocycles. The molecule has 6 nitrogen and oxygen atoms in total. The summed E-state index contributed by atoms with van der Waals surface area (Å²) in [5, 5.41) is 0. The van der Waals surface area contributed by atoms with Crippen molar-refractivity contribution in [1.82, 2.24) is 4.90 Å². The van der Waals surface area contributed by atoms with E-state index in [1.165, 1.54) is 11.8 Å². The number of methoxy groups -OCH3 is 4. The molecular formula is C22H23NO5S2. The number of hydrogen-bond acceptors (Lipinski definition) is 7. The van der Waals surface area contributed by atoms with E-state index in [4.69, 9.17) is 31.2 Å². The largest absolute Gasteiger partial charge is 0.493 e. The van der Waals surface area contributed by atoms with Crippen LogP contribution < -0.4 is 18.9 Å². The maximum absolute atomic E-state index is 13.0. The fourth-order valence-corrected chi connectivity index (χ4v) is 4.44. The highest BCUT2D eigenvalue weighted by molar-refractivity contribution is 8.26. The Morgan fingerprint density at radius 1 is 0.967 bits per heavy atom. The van der Waals surface area contributed by atoms with E-state index in [1.54, 1.807) is 39.4 Å². The van der Waals surface area contributed by atoms with Gasteiger partial charge in [-0.05, 0) is 36.3 Å². The third kappa shape index (κ3) is 4.55. The molecule has 1 fully saturated rings. The highest BCUT2D eigenvalue weighted by Crippen LogP contribution is 2.37. The van der Waals surface area contributed by atoms with E-state index in [2.05, 4.69) is 0 Å². The lowest BCUT2D eigenvalue weighted by Gasteiger charge is -2.15. The molecule has 0 spiro atoms. The number of thiocarbonyl (C=S) groups is 1. The summed E-state index contributed by atoms with van der Waals surface area (Å²) in [4.78, 5) is 15.1. The minimum Gasteiger partial charge on any atom is -0.493 e. The first-order valence-electron chi connectivity index (χ1n) is 9.19. The second-order valence-corrected chi connectivity index (χ2v) is 8.03. The Morgan fingerprint density at radius 2 is 1.70 bits per heavy atom. The highest BCUT2D eigenvalue weighted by Gasteiger charge is 2.32. The number of rotatable bonds is 8. The van der Waals surface area contributed by atoms with Crippen molar-refractivity contribution in [3.8, 4) is 23.0 Å². The first-order valence-corrected chi connectivity index (χ1v) is 10.4. The SMILES string of the molecule is COc1ccc(CCN2C(=O)C(=Cc3cccc(OC)c3OC)SC2=S)cc1OC. The smallest absolute Gasteiger partial charge is 0.266 e. The van der Waals surface area contributed by atoms with Crippen LogP contribution in [0.5, 0.6) is 23.0 Å². The molecule has 0 N–H and O–H groups in total. The Kier molecular flexibility index (Phi) is 7.23. The van der Waals surface area contributed by atoms with Crippen molar-refractivity contribution in [2.45, 2.75) is 6.42 Å². The zero-order valence-electron chi connectivity index (χ0n) is 17.3. The zero-order valence-corrected chi connectivity index (χ0v) is 18.9. The summed E-state index contributed by atoms with van der Waals surface area (Å²) < 4.78 is 21.9. The van der Waals surface area contributed by atoms with Gasteiger partial charge in [0.2, 0.25) is 0 Å². The lowest BCUT2D eigenvalue weighted by molar-refractivity contribution is -0.122. The van der Waals surface area contributed by atoms with Crippen LogP contribution in [0, 0.1) is 0 Å². The summed E-state index contributed by atoms with van der Waals surface area (Å²) in [5.41, 5.74) is 1.79. The van der Waals surface area contributed by atoms with Gasteiger partial charge in [0, 0.05) is 12.1 Å². The van der Waals surface area contributed by atoms with Crippen LogP contribution in [0.1, 0.15) is 11.1 Å². The molecule has 0 bridgehead atoms. The van der Waals surface area contributed by atoms with Gasteiger partial charge in [0.15, 0.2) is 23.0 Å². The molecule has 8 heteroatoms. The predicted molar refractivity (Wildman–Crippen MR) is 123 cm³/mol. The van der Waals surface area contributed by atoms with Gasteiger partial charge in [-0.1, -0.05) is 42.2 Å². The van der Waals surface area contributed by atoms with Crippen LogP contribution in [-0.4, -0.2) is 50.1 Å². The zero-order chi connectivity index (χ0) is 21.7. The number of carbonyl (C=O) groups excluding carboxylic acids is 1. The van der Waals surface area contributed by atoms with Crippen molar-refractivity contribution < 1.29 is 23.7 Å². The van der Waals surface area contributed by atoms with Crippen LogP contribution in [0.25, 0.3) is 6.08 Å². The maximum Gasteiger partial charge on any atom is 0.266 e. The maximum atomic E-state index is 13.0. The average Bonchev–Trinajstić information content (AvgIpc) is 3.03. The Morgan fingerprint density at radius 3 is 2.37 bits per heavy atom. The van der Waals surface area contributed by atoms with Crippen LogP contribution >= 0.6 is 24.0 Å². The molecule has 1 amide bonds. The third-order valence-corrected chi connectivity index (χ3v) is 6.04. The molecule has 0 unspecified atom stereocenters. The summed E-state index contributed by atoms with van der Waals surface area (Å²) in [6, 6.07) is 11.3. The van der Waals surface area contributed by atoms with E-state index in [0.717, 1.165) is 11.1 Å². The molecule has 1 saturated heterocycles. The summed E-state index contributed by atoms with van der Waals surface area (Å²) in [7, 11) is 6.35. The van der Waals surface area contributed by atoms with E-state index < -0.39 is 0 Å². The summed E-state index contributed by atoms with van der Waals surface area (Å²) in [5.74, 6) is 2.40. The fraction of sp³-hybridized carbons (Fsp3) is 0.273. The molecule has 2 aromatic rings. The average molecular weight is 446 g/mol. The van der Waals surface area contributed by atoms with Gasteiger partial charge in [-0.3, -0.25) is 9.69 Å². The number of amides is 1. The second kappa shape index (κ2) is 9.86. The minimum absolute atomic E-state index is 0.115. The van der Waals surface area contributed by atoms with Crippen molar-refractivity contribution in [1.29, 1.82) is 0 Å². The van der Waals surface area contributed by atoms with Gasteiger partial charge < -0.3 is 18.9 Å². The number of hydrogen-bond donors (Lipinski definition) is 0. The van der Waals surface area contributed by atoms with Gasteiger partial charge in [-0.25, -0.2) is 0 Å². The van der Waals surface area contributed by atoms with Crippen LogP contribution in [-0.2, 0) is 11.2 Å². The van der Waals surface area contributed by atoms with Crippen LogP contribution in [0.2, 0.25) is 0 Å². The van der Waals surface area contributed by atoms with Crippen molar-refractivity contribution in [2.24, 2.45) is 0 Å². The molecule has 30 heavy (non-hydrogen) atoms. The van der Waals surface area contributed by atoms with E-state index in [-0.39, 0.29) is 5.91 Å². The van der Waals surface area contributed by atoms with E-state index in [1.807, 2.05) is 36.4 Å². The van der Waals surface area contributed by atoms with E-state index in [0.29, 0.717) is 45.2 Å². The summed E-state index contributed by atoms with van der Waals surface area (Å²) in [6.07, 6.45) is 2.43. The third-order valence-electron chi connectivity index (χ3n) is 4.67. The topological polar surface area (TPSA) is 57.2 Å². The van der Waals surface area contributed by atoms with Crippen molar-refractivity contribution >= 4 is 40.3 Å². The monoisotopic (exact) mass is 445 g/mol. The molecular weight excluding hydrogens is 422 g/mol. The highest BCUT2D eigenvalue weighted by atomic mass is 32.2. The molecule has 0 aliphatic carbocycles. The van der Waals surface area contributed by atoms with Gasteiger partial charge in [0.05, 0.1) is 33.3 Å². The van der Waals surface area contributed by atoms with Crippen LogP contribution in [0.15, 0.2) is 41.3 Å². The van der Waals surface area contributed by atoms with Crippen LogP contribution in [0.3, 0.4) is 0 Å². The Balaban J connectivity index is 1.76. The molecule has 1 heterocycles. The standard InChI is InChI=1S/C22H23NO5S2/c1-25-16-9-8-14(12-18(16)27-3)10-11-23-21(24)19(30-22(23)29)13-15-6-5-7-17(26-2)20(15)28-4/h5-9,12-13H,10-11H2,1-4H3. The predicted octanol–water partition coefficient (Wildman–Crippen LogP) is 4.16. The number of ether oxygens (including phenoxy) is 4. The Hall–Kier alpha value is -2.71. The first kappa shape index (κ1) is 22.0. The van der Waals surface area contributed by atoms with Crippen LogP contribution in [0.4, 0.5) is 0 Å². The molecule has 0 radical (unpaired) electrons. The quantitative estimate of drug-likeness (QED) is 0.447. The lowest BCUT2D eigenvalue weighted by atomic mass is 10.1. The number of para-hydroxylation sites is 1. The van der Waals surface area contributed by atoms with Crippen molar-refractivity contribution in [3.05, 3.63) is 52.4 Å². The fourth-order valence-electron chi connectivity index (χ4n) is 3.14. The van der Waals surface area contributed by atoms with Crippen molar-refractivity contribution in [3.63, 3.8) is 0 Å². The second-order valence-electron chi connectivity index (χ2n) is 6.36. The minimum atomic E-state index is -0.115. The molecule has 0 aromatic heterocycles. The number of thioether (sulfide) groups is 1. The van der Waals surface area contributed by atoms with Gasteiger partial charge in [0.1, 0.15) is 4.32 Å². The number of carbonyl (C=O) groups is 1. The number of benzene rings is 2. The van der Waals surface area contributed by atoms with Gasteiger partial charge in [0.25, 0.3) is 5.91 Å². The number of nitrogens with zero attached hydrogens (tertiary/aromatic N) is 1. The lowest BCUT2D eigenvalue weighted by Crippen LogP contribution is -2.30. The van der Waals surface area contributed by atoms with Gasteiger partial charge >= 0.3 is 0 Å². The summed E-state index contributed by atoms with van der Waals surface area (Å²) in [6.45, 7) is 0.479. The molecule has 158 valence electrons. The van der Waals surface area contributed by atoms with Gasteiger partial charge in [-0.2, -0.15) is 0 Å². The Bertz CT molecular complexity index is 989. The Labute approximate surface area is 185 Å². The molecule has 2 aromatic carbocycles. The molecule has 1 aliphatic rings. The molecule has 1 aliphatic heterocycles. The summed E-state index contributed by atoms with van der Waals surface area (Å²) >= 11 is 6.74. The molecule has 3 rings (SSSR count). The first-order chi connectivity index (χ1) is 14.5.